The molecule has 0 spiro atoms. The average Bonchev–Trinajstić information content (AvgIpc) is 2.61. The lowest BCUT2D eigenvalue weighted by Crippen LogP contribution is -2.42. The summed E-state index contributed by atoms with van der Waals surface area (Å²) in [6.07, 6.45) is 0.281. The summed E-state index contributed by atoms with van der Waals surface area (Å²) in [6, 6.07) is 3.28. The number of sulfonamides is 1. The van der Waals surface area contributed by atoms with Crippen LogP contribution in [0.2, 0.25) is 0 Å². The number of hydrogen-bond acceptors (Lipinski definition) is 5. The molecule has 2 rings (SSSR count). The van der Waals surface area contributed by atoms with Crippen LogP contribution in [0.1, 0.15) is 30.6 Å². The van der Waals surface area contributed by atoms with Gasteiger partial charge in [0, 0.05) is 27.3 Å². The van der Waals surface area contributed by atoms with E-state index in [-0.39, 0.29) is 28.8 Å². The van der Waals surface area contributed by atoms with Crippen molar-refractivity contribution in [2.75, 3.05) is 33.9 Å². The third-order valence-electron chi connectivity index (χ3n) is 4.61. The molecule has 1 heterocycles. The van der Waals surface area contributed by atoms with Gasteiger partial charge in [-0.3, -0.25) is 4.79 Å². The van der Waals surface area contributed by atoms with Crippen LogP contribution in [0.4, 0.5) is 4.39 Å². The number of carbonyl (C=O) groups is 1. The van der Waals surface area contributed by atoms with E-state index in [1.807, 2.05) is 13.8 Å². The second-order valence-corrected chi connectivity index (χ2v) is 8.96. The van der Waals surface area contributed by atoms with Crippen LogP contribution in [-0.2, 0) is 19.5 Å². The zero-order valence-electron chi connectivity index (χ0n) is 16.1. The molecule has 27 heavy (non-hydrogen) atoms. The molecule has 0 bridgehead atoms. The first-order chi connectivity index (χ1) is 12.7. The normalized spacial score (nSPS) is 21.4. The molecule has 9 heteroatoms. The number of ether oxygens (including phenoxy) is 2. The minimum atomic E-state index is -3.80. The summed E-state index contributed by atoms with van der Waals surface area (Å²) < 4.78 is 51.4. The molecule has 2 atom stereocenters. The Morgan fingerprint density at radius 2 is 1.85 bits per heavy atom. The second kappa shape index (κ2) is 9.09. The van der Waals surface area contributed by atoms with Gasteiger partial charge in [0.1, 0.15) is 5.82 Å². The van der Waals surface area contributed by atoms with E-state index in [4.69, 9.17) is 9.47 Å². The summed E-state index contributed by atoms with van der Waals surface area (Å²) in [5.74, 6) is -1.04. The Kier molecular flexibility index (Phi) is 7.32. The van der Waals surface area contributed by atoms with Crippen LogP contribution in [0.3, 0.4) is 0 Å². The largest absolute Gasteiger partial charge is 0.354 e. The van der Waals surface area contributed by atoms with Crippen molar-refractivity contribution in [3.8, 4) is 0 Å². The summed E-state index contributed by atoms with van der Waals surface area (Å²) in [5.41, 5.74) is -0.333. The van der Waals surface area contributed by atoms with Crippen LogP contribution < -0.4 is 5.32 Å². The van der Waals surface area contributed by atoms with Crippen molar-refractivity contribution < 1.29 is 27.1 Å². The van der Waals surface area contributed by atoms with Gasteiger partial charge in [0.2, 0.25) is 10.0 Å². The van der Waals surface area contributed by atoms with Crippen molar-refractivity contribution in [1.82, 2.24) is 9.62 Å². The summed E-state index contributed by atoms with van der Waals surface area (Å²) >= 11 is 0. The molecule has 1 fully saturated rings. The smallest absolute Gasteiger partial charge is 0.254 e. The molecular formula is C18H27FN2O5S. The molecule has 1 saturated heterocycles. The molecule has 1 aromatic carbocycles. The molecule has 0 saturated carbocycles. The SMILES string of the molecule is COC(CNC(=O)c1cc(S(=O)(=O)N2C[C@@H](C)C[C@H](C)C2)ccc1F)OC. The van der Waals surface area contributed by atoms with Gasteiger partial charge in [-0.15, -0.1) is 0 Å². The van der Waals surface area contributed by atoms with Crippen molar-refractivity contribution in [2.24, 2.45) is 11.8 Å². The van der Waals surface area contributed by atoms with E-state index < -0.39 is 28.0 Å². The molecule has 7 nitrogen and oxygen atoms in total. The van der Waals surface area contributed by atoms with E-state index in [0.717, 1.165) is 18.6 Å². The van der Waals surface area contributed by atoms with Crippen LogP contribution in [0.5, 0.6) is 0 Å². The predicted molar refractivity (Wildman–Crippen MR) is 98.2 cm³/mol. The van der Waals surface area contributed by atoms with Crippen LogP contribution in [0, 0.1) is 17.7 Å². The molecule has 1 amide bonds. The number of methoxy groups -OCH3 is 2. The summed E-state index contributed by atoms with van der Waals surface area (Å²) in [6.45, 7) is 4.83. The number of nitrogens with zero attached hydrogens (tertiary/aromatic N) is 1. The van der Waals surface area contributed by atoms with Gasteiger partial charge in [0.15, 0.2) is 6.29 Å². The number of benzene rings is 1. The number of amides is 1. The standard InChI is InChI=1S/C18H27FN2O5S/c1-12-7-13(2)11-21(10-12)27(23,24)14-5-6-16(19)15(8-14)18(22)20-9-17(25-3)26-4/h5-6,8,12-13,17H,7,9-11H2,1-4H3,(H,20,22)/t12-,13-/m0/s1. The molecule has 1 N–H and O–H groups in total. The molecule has 0 aromatic heterocycles. The van der Waals surface area contributed by atoms with Crippen LogP contribution in [-0.4, -0.2) is 58.8 Å². The number of nitrogens with one attached hydrogen (secondary N) is 1. The van der Waals surface area contributed by atoms with E-state index in [0.29, 0.717) is 13.1 Å². The number of halogens is 1. The second-order valence-electron chi connectivity index (χ2n) is 7.02. The Morgan fingerprint density at radius 3 is 2.41 bits per heavy atom. The zero-order chi connectivity index (χ0) is 20.2. The highest BCUT2D eigenvalue weighted by Crippen LogP contribution is 2.27. The minimum absolute atomic E-state index is 0.00338. The average molecular weight is 402 g/mol. The molecule has 0 aliphatic carbocycles. The predicted octanol–water partition coefficient (Wildman–Crippen LogP) is 1.84. The van der Waals surface area contributed by atoms with Gasteiger partial charge in [0.05, 0.1) is 17.0 Å². The van der Waals surface area contributed by atoms with Gasteiger partial charge in [-0.05, 0) is 36.5 Å². The van der Waals surface area contributed by atoms with Gasteiger partial charge in [-0.25, -0.2) is 12.8 Å². The summed E-state index contributed by atoms with van der Waals surface area (Å²) in [4.78, 5) is 12.2. The quantitative estimate of drug-likeness (QED) is 0.704. The number of carbonyl (C=O) groups excluding carboxylic acids is 1. The lowest BCUT2D eigenvalue weighted by Gasteiger charge is -2.34. The Hall–Kier alpha value is -1.55. The third kappa shape index (κ3) is 5.25. The Labute approximate surface area is 159 Å². The van der Waals surface area contributed by atoms with Gasteiger partial charge in [0.25, 0.3) is 5.91 Å². The van der Waals surface area contributed by atoms with Crippen LogP contribution in [0.25, 0.3) is 0 Å². The lowest BCUT2D eigenvalue weighted by atomic mass is 9.94. The number of piperidine rings is 1. The third-order valence-corrected chi connectivity index (χ3v) is 6.44. The van der Waals surface area contributed by atoms with E-state index >= 15 is 0 Å². The van der Waals surface area contributed by atoms with E-state index in [1.165, 1.54) is 24.6 Å². The maximum absolute atomic E-state index is 14.1. The minimum Gasteiger partial charge on any atom is -0.354 e. The maximum atomic E-state index is 14.1. The van der Waals surface area contributed by atoms with E-state index in [2.05, 4.69) is 5.32 Å². The highest BCUT2D eigenvalue weighted by molar-refractivity contribution is 7.89. The van der Waals surface area contributed by atoms with Crippen molar-refractivity contribution in [1.29, 1.82) is 0 Å². The first-order valence-electron chi connectivity index (χ1n) is 8.82. The van der Waals surface area contributed by atoms with Gasteiger partial charge < -0.3 is 14.8 Å². The molecule has 152 valence electrons. The van der Waals surface area contributed by atoms with Gasteiger partial charge in [-0.1, -0.05) is 13.8 Å². The zero-order valence-corrected chi connectivity index (χ0v) is 16.9. The monoisotopic (exact) mass is 402 g/mol. The van der Waals surface area contributed by atoms with Crippen LogP contribution >= 0.6 is 0 Å². The van der Waals surface area contributed by atoms with E-state index in [1.54, 1.807) is 0 Å². The first kappa shape index (κ1) is 21.7. The fraction of sp³-hybridized carbons (Fsp3) is 0.611. The lowest BCUT2D eigenvalue weighted by molar-refractivity contribution is -0.0974. The van der Waals surface area contributed by atoms with Crippen LogP contribution in [0.15, 0.2) is 23.1 Å². The Morgan fingerprint density at radius 1 is 1.26 bits per heavy atom. The maximum Gasteiger partial charge on any atom is 0.254 e. The first-order valence-corrected chi connectivity index (χ1v) is 10.3. The topological polar surface area (TPSA) is 84.9 Å². The van der Waals surface area contributed by atoms with Crippen molar-refractivity contribution >= 4 is 15.9 Å². The fourth-order valence-corrected chi connectivity index (χ4v) is 5.03. The molecule has 1 aliphatic rings. The molecule has 1 aromatic rings. The number of hydrogen-bond donors (Lipinski definition) is 1. The highest BCUT2D eigenvalue weighted by Gasteiger charge is 2.32. The summed E-state index contributed by atoms with van der Waals surface area (Å²) in [5, 5.41) is 2.48. The molecule has 1 aliphatic heterocycles. The Bertz CT molecular complexity index is 757. The van der Waals surface area contributed by atoms with E-state index in [9.17, 15) is 17.6 Å². The van der Waals surface area contributed by atoms with Crippen molar-refractivity contribution in [3.05, 3.63) is 29.6 Å². The molecular weight excluding hydrogens is 375 g/mol. The highest BCUT2D eigenvalue weighted by atomic mass is 32.2. The number of rotatable bonds is 7. The fourth-order valence-electron chi connectivity index (χ4n) is 3.32. The molecule has 0 radical (unpaired) electrons. The summed E-state index contributed by atoms with van der Waals surface area (Å²) in [7, 11) is -0.981. The van der Waals surface area contributed by atoms with Gasteiger partial charge >= 0.3 is 0 Å². The van der Waals surface area contributed by atoms with Crippen molar-refractivity contribution in [2.45, 2.75) is 31.5 Å². The molecule has 0 unspecified atom stereocenters. The van der Waals surface area contributed by atoms with Gasteiger partial charge in [-0.2, -0.15) is 4.31 Å². The Balaban J connectivity index is 2.24. The van der Waals surface area contributed by atoms with Crippen molar-refractivity contribution in [3.63, 3.8) is 0 Å².